The normalized spacial score (nSPS) is 8.38. The molecule has 0 unspecified atom stereocenters. The molecule has 2 nitrogen and oxygen atoms in total. The van der Waals surface area contributed by atoms with E-state index in [2.05, 4.69) is 11.8 Å². The Bertz CT molecular complexity index is 435. The smallest absolute Gasteiger partial charge is 0.152 e. The van der Waals surface area contributed by atoms with Gasteiger partial charge in [-0.25, -0.2) is 0 Å². The van der Waals surface area contributed by atoms with E-state index in [0.29, 0.717) is 21.3 Å². The van der Waals surface area contributed by atoms with Crippen LogP contribution in [-0.4, -0.2) is 0 Å². The predicted molar refractivity (Wildman–Crippen MR) is 53.4 cm³/mol. The van der Waals surface area contributed by atoms with Gasteiger partial charge in [-0.05, 0) is 18.1 Å². The van der Waals surface area contributed by atoms with E-state index >= 15 is 0 Å². The number of nitriles is 1. The first kappa shape index (κ1) is 9.74. The molecule has 2 N–H and O–H groups in total. The summed E-state index contributed by atoms with van der Waals surface area (Å²) in [6.45, 7) is 0. The van der Waals surface area contributed by atoms with Gasteiger partial charge in [0.05, 0.1) is 15.7 Å². The summed E-state index contributed by atoms with van der Waals surface area (Å²) in [6, 6.07) is 4.72. The van der Waals surface area contributed by atoms with E-state index in [1.807, 2.05) is 0 Å². The SMILES string of the molecule is N#CC#Cc1cc(Cl)c(N)cc1Cl. The van der Waals surface area contributed by atoms with Gasteiger partial charge in [-0.3, -0.25) is 0 Å². The fraction of sp³-hybridized carbons (Fsp3) is 0. The standard InChI is InChI=1S/C9H4Cl2N2/c10-7-5-9(13)8(11)4-6(7)2-1-3-12/h4-5H,13H2. The lowest BCUT2D eigenvalue weighted by Gasteiger charge is -2.00. The van der Waals surface area contributed by atoms with Crippen molar-refractivity contribution in [3.8, 4) is 17.9 Å². The van der Waals surface area contributed by atoms with Crippen LogP contribution in [-0.2, 0) is 0 Å². The number of rotatable bonds is 0. The Balaban J connectivity index is 3.25. The Kier molecular flexibility index (Phi) is 3.03. The topological polar surface area (TPSA) is 49.8 Å². The summed E-state index contributed by atoms with van der Waals surface area (Å²) >= 11 is 11.5. The zero-order chi connectivity index (χ0) is 9.84. The highest BCUT2D eigenvalue weighted by molar-refractivity contribution is 6.35. The second-order valence-corrected chi connectivity index (χ2v) is 3.03. The van der Waals surface area contributed by atoms with Crippen LogP contribution in [0.2, 0.25) is 10.0 Å². The largest absolute Gasteiger partial charge is 0.397 e. The maximum absolute atomic E-state index is 8.22. The van der Waals surface area contributed by atoms with Crippen molar-refractivity contribution in [3.05, 3.63) is 27.7 Å². The first-order valence-electron chi connectivity index (χ1n) is 3.29. The number of nitrogens with two attached hydrogens (primary N) is 1. The first-order valence-corrected chi connectivity index (χ1v) is 4.05. The molecule has 0 spiro atoms. The molecule has 4 heteroatoms. The lowest BCUT2D eigenvalue weighted by atomic mass is 10.2. The number of hydrogen-bond donors (Lipinski definition) is 1. The summed E-state index contributed by atoms with van der Waals surface area (Å²) in [7, 11) is 0. The van der Waals surface area contributed by atoms with Crippen LogP contribution in [0.25, 0.3) is 0 Å². The molecule has 0 fully saturated rings. The van der Waals surface area contributed by atoms with Gasteiger partial charge in [0.25, 0.3) is 0 Å². The van der Waals surface area contributed by atoms with Crippen LogP contribution in [0, 0.1) is 23.2 Å². The summed E-state index contributed by atoms with van der Waals surface area (Å²) in [5.74, 6) is 4.77. The van der Waals surface area contributed by atoms with Crippen molar-refractivity contribution in [1.82, 2.24) is 0 Å². The molecule has 0 heterocycles. The highest BCUT2D eigenvalue weighted by Crippen LogP contribution is 2.26. The number of benzene rings is 1. The van der Waals surface area contributed by atoms with E-state index in [9.17, 15) is 0 Å². The monoisotopic (exact) mass is 210 g/mol. The molecule has 0 aliphatic rings. The fourth-order valence-electron chi connectivity index (χ4n) is 0.753. The number of hydrogen-bond acceptors (Lipinski definition) is 2. The van der Waals surface area contributed by atoms with Crippen molar-refractivity contribution in [2.75, 3.05) is 5.73 Å². The Morgan fingerprint density at radius 2 is 1.92 bits per heavy atom. The third-order valence-electron chi connectivity index (χ3n) is 1.34. The van der Waals surface area contributed by atoms with Crippen molar-refractivity contribution < 1.29 is 0 Å². The van der Waals surface area contributed by atoms with Crippen molar-refractivity contribution in [1.29, 1.82) is 5.26 Å². The molecule has 0 saturated heterocycles. The molecule has 0 bridgehead atoms. The zero-order valence-corrected chi connectivity index (χ0v) is 7.95. The zero-order valence-electron chi connectivity index (χ0n) is 6.44. The van der Waals surface area contributed by atoms with Crippen LogP contribution in [0.3, 0.4) is 0 Å². The minimum absolute atomic E-state index is 0.381. The molecule has 64 valence electrons. The van der Waals surface area contributed by atoms with Gasteiger partial charge in [0.2, 0.25) is 0 Å². The molecule has 0 radical (unpaired) electrons. The maximum atomic E-state index is 8.22. The van der Waals surface area contributed by atoms with Crippen molar-refractivity contribution >= 4 is 28.9 Å². The average molecular weight is 211 g/mol. The van der Waals surface area contributed by atoms with Crippen LogP contribution in [0.1, 0.15) is 5.56 Å². The van der Waals surface area contributed by atoms with Crippen molar-refractivity contribution in [2.45, 2.75) is 0 Å². The molecule has 13 heavy (non-hydrogen) atoms. The quantitative estimate of drug-likeness (QED) is 0.529. The Labute approximate surface area is 85.9 Å². The molecular weight excluding hydrogens is 207 g/mol. The van der Waals surface area contributed by atoms with Gasteiger partial charge >= 0.3 is 0 Å². The van der Waals surface area contributed by atoms with E-state index in [0.717, 1.165) is 0 Å². The third kappa shape index (κ3) is 2.29. The summed E-state index contributed by atoms with van der Waals surface area (Å²) in [5.41, 5.74) is 6.39. The molecule has 0 aliphatic carbocycles. The Morgan fingerprint density at radius 1 is 1.23 bits per heavy atom. The van der Waals surface area contributed by atoms with E-state index in [1.165, 1.54) is 12.1 Å². The molecule has 1 aromatic carbocycles. The Hall–Kier alpha value is -1.35. The number of anilines is 1. The van der Waals surface area contributed by atoms with Gasteiger partial charge in [-0.1, -0.05) is 23.2 Å². The van der Waals surface area contributed by atoms with Crippen molar-refractivity contribution in [2.24, 2.45) is 0 Å². The second kappa shape index (κ2) is 4.05. The van der Waals surface area contributed by atoms with Crippen LogP contribution in [0.4, 0.5) is 5.69 Å². The van der Waals surface area contributed by atoms with Gasteiger partial charge in [0.15, 0.2) is 6.07 Å². The van der Waals surface area contributed by atoms with E-state index in [1.54, 1.807) is 6.07 Å². The van der Waals surface area contributed by atoms with E-state index in [-0.39, 0.29) is 0 Å². The van der Waals surface area contributed by atoms with E-state index in [4.69, 9.17) is 34.2 Å². The molecule has 0 atom stereocenters. The summed E-state index contributed by atoms with van der Waals surface area (Å²) in [4.78, 5) is 0. The predicted octanol–water partition coefficient (Wildman–Crippen LogP) is 2.45. The summed E-state index contributed by atoms with van der Waals surface area (Å²) < 4.78 is 0. The van der Waals surface area contributed by atoms with Crippen LogP contribution < -0.4 is 5.73 Å². The molecule has 0 amide bonds. The lowest BCUT2D eigenvalue weighted by Crippen LogP contribution is -1.88. The summed E-state index contributed by atoms with van der Waals surface area (Å²) in [6.07, 6.45) is 0. The molecule has 1 aromatic rings. The van der Waals surface area contributed by atoms with Crippen LogP contribution >= 0.6 is 23.2 Å². The van der Waals surface area contributed by atoms with Gasteiger partial charge < -0.3 is 5.73 Å². The molecule has 0 aromatic heterocycles. The fourth-order valence-corrected chi connectivity index (χ4v) is 1.14. The number of nitrogen functional groups attached to an aromatic ring is 1. The highest BCUT2D eigenvalue weighted by atomic mass is 35.5. The van der Waals surface area contributed by atoms with Crippen LogP contribution in [0.5, 0.6) is 0 Å². The molecule has 0 saturated carbocycles. The highest BCUT2D eigenvalue weighted by Gasteiger charge is 2.02. The first-order chi connectivity index (χ1) is 6.15. The van der Waals surface area contributed by atoms with Gasteiger partial charge in [-0.2, -0.15) is 5.26 Å². The lowest BCUT2D eigenvalue weighted by molar-refractivity contribution is 1.55. The minimum Gasteiger partial charge on any atom is -0.397 e. The average Bonchev–Trinajstić information content (AvgIpc) is 2.09. The molecule has 1 rings (SSSR count). The third-order valence-corrected chi connectivity index (χ3v) is 1.98. The van der Waals surface area contributed by atoms with Gasteiger partial charge in [-0.15, -0.1) is 0 Å². The second-order valence-electron chi connectivity index (χ2n) is 2.22. The maximum Gasteiger partial charge on any atom is 0.152 e. The Morgan fingerprint density at radius 3 is 2.54 bits per heavy atom. The van der Waals surface area contributed by atoms with Gasteiger partial charge in [0, 0.05) is 11.5 Å². The van der Waals surface area contributed by atoms with Crippen molar-refractivity contribution in [3.63, 3.8) is 0 Å². The minimum atomic E-state index is 0.381. The number of nitrogens with zero attached hydrogens (tertiary/aromatic N) is 1. The summed E-state index contributed by atoms with van der Waals surface area (Å²) in [5, 5.41) is 8.99. The van der Waals surface area contributed by atoms with Crippen LogP contribution in [0.15, 0.2) is 12.1 Å². The van der Waals surface area contributed by atoms with E-state index < -0.39 is 0 Å². The van der Waals surface area contributed by atoms with Gasteiger partial charge in [0.1, 0.15) is 0 Å². The molecule has 0 aliphatic heterocycles. The number of halogens is 2. The molecular formula is C9H4Cl2N2.